The molecule has 1 aliphatic heterocycles. The van der Waals surface area contributed by atoms with Crippen molar-refractivity contribution in [2.24, 2.45) is 23.7 Å². The van der Waals surface area contributed by atoms with E-state index in [1.54, 1.807) is 12.1 Å². The molecule has 6 nitrogen and oxygen atoms in total. The van der Waals surface area contributed by atoms with Crippen molar-refractivity contribution >= 4 is 29.2 Å². The molecule has 31 heavy (non-hydrogen) atoms. The van der Waals surface area contributed by atoms with Crippen LogP contribution in [-0.4, -0.2) is 17.8 Å². The van der Waals surface area contributed by atoms with Gasteiger partial charge in [-0.3, -0.25) is 14.5 Å². The lowest BCUT2D eigenvalue weighted by Crippen LogP contribution is -2.38. The molecule has 6 rings (SSSR count). The average Bonchev–Trinajstić information content (AvgIpc) is 3.06. The Bertz CT molecular complexity index is 1040. The maximum Gasteiger partial charge on any atom is 0.319 e. The van der Waals surface area contributed by atoms with Gasteiger partial charge in [0.2, 0.25) is 11.8 Å². The molecule has 158 valence electrons. The quantitative estimate of drug-likeness (QED) is 0.585. The second-order valence-electron chi connectivity index (χ2n) is 8.70. The molecule has 2 fully saturated rings. The van der Waals surface area contributed by atoms with Crippen LogP contribution in [0.1, 0.15) is 24.0 Å². The molecule has 4 amide bonds. The Morgan fingerprint density at radius 3 is 2.19 bits per heavy atom. The second kappa shape index (κ2) is 7.69. The molecule has 2 aromatic rings. The first-order valence-corrected chi connectivity index (χ1v) is 10.8. The number of nitrogens with zero attached hydrogens (tertiary/aromatic N) is 1. The summed E-state index contributed by atoms with van der Waals surface area (Å²) in [6.45, 7) is 2.32. The summed E-state index contributed by atoms with van der Waals surface area (Å²) in [7, 11) is 0. The molecule has 4 aliphatic rings. The van der Waals surface area contributed by atoms with E-state index in [-0.39, 0.29) is 41.5 Å². The van der Waals surface area contributed by atoms with E-state index in [9.17, 15) is 14.4 Å². The highest BCUT2D eigenvalue weighted by Crippen LogP contribution is 2.50. The normalized spacial score (nSPS) is 26.2. The summed E-state index contributed by atoms with van der Waals surface area (Å²) in [5.74, 6) is -0.181. The zero-order valence-electron chi connectivity index (χ0n) is 17.4. The Balaban J connectivity index is 1.23. The number of carbonyl (C=O) groups excluding carboxylic acids is 3. The van der Waals surface area contributed by atoms with Gasteiger partial charge in [0.1, 0.15) is 0 Å². The number of nitrogens with one attached hydrogen (secondary N) is 2. The van der Waals surface area contributed by atoms with Crippen LogP contribution in [0.5, 0.6) is 0 Å². The van der Waals surface area contributed by atoms with Crippen LogP contribution in [-0.2, 0) is 16.1 Å². The van der Waals surface area contributed by atoms with Gasteiger partial charge in [-0.1, -0.05) is 36.4 Å². The highest BCUT2D eigenvalue weighted by molar-refractivity contribution is 6.22. The largest absolute Gasteiger partial charge is 0.334 e. The number of imide groups is 1. The van der Waals surface area contributed by atoms with Gasteiger partial charge in [-0.05, 0) is 67.0 Å². The molecule has 2 bridgehead atoms. The zero-order valence-corrected chi connectivity index (χ0v) is 17.4. The number of hydrogen-bond donors (Lipinski definition) is 2. The topological polar surface area (TPSA) is 78.5 Å². The Kier molecular flexibility index (Phi) is 4.85. The van der Waals surface area contributed by atoms with Crippen molar-refractivity contribution in [2.75, 3.05) is 10.2 Å². The summed E-state index contributed by atoms with van der Waals surface area (Å²) in [6, 6.07) is 14.6. The fraction of sp³-hybridized carbons (Fsp3) is 0.320. The first-order valence-electron chi connectivity index (χ1n) is 10.8. The molecule has 3 aliphatic carbocycles. The van der Waals surface area contributed by atoms with Crippen molar-refractivity contribution in [3.63, 3.8) is 0 Å². The van der Waals surface area contributed by atoms with Crippen LogP contribution in [0, 0.1) is 30.6 Å². The van der Waals surface area contributed by atoms with Gasteiger partial charge in [0.05, 0.1) is 17.5 Å². The number of fused-ring (bicyclic) bond motifs is 1. The van der Waals surface area contributed by atoms with E-state index in [2.05, 4.69) is 22.8 Å². The SMILES string of the molecule is Cc1cccc(NC(=O)NCc2ccc(N3C(=O)C4C5C=CC(CC5)C4C3=O)cc2)c1. The highest BCUT2D eigenvalue weighted by Gasteiger charge is 2.56. The van der Waals surface area contributed by atoms with Crippen molar-refractivity contribution in [2.45, 2.75) is 26.3 Å². The molecule has 2 aromatic carbocycles. The third kappa shape index (κ3) is 3.52. The van der Waals surface area contributed by atoms with Gasteiger partial charge < -0.3 is 10.6 Å². The summed E-state index contributed by atoms with van der Waals surface area (Å²) < 4.78 is 0. The summed E-state index contributed by atoms with van der Waals surface area (Å²) in [5, 5.41) is 5.64. The minimum absolute atomic E-state index is 0.0718. The van der Waals surface area contributed by atoms with E-state index in [0.29, 0.717) is 12.2 Å². The van der Waals surface area contributed by atoms with Crippen molar-refractivity contribution in [3.8, 4) is 0 Å². The van der Waals surface area contributed by atoms with Gasteiger partial charge in [-0.25, -0.2) is 4.79 Å². The lowest BCUT2D eigenvalue weighted by atomic mass is 9.63. The number of aryl methyl sites for hydroxylation is 1. The number of urea groups is 1. The van der Waals surface area contributed by atoms with Crippen molar-refractivity contribution in [3.05, 3.63) is 71.8 Å². The Morgan fingerprint density at radius 1 is 0.968 bits per heavy atom. The van der Waals surface area contributed by atoms with Gasteiger partial charge >= 0.3 is 6.03 Å². The maximum absolute atomic E-state index is 13.0. The summed E-state index contributed by atoms with van der Waals surface area (Å²) in [5.41, 5.74) is 3.31. The summed E-state index contributed by atoms with van der Waals surface area (Å²) >= 11 is 0. The molecule has 1 saturated heterocycles. The number of hydrogen-bond acceptors (Lipinski definition) is 3. The molecule has 0 aromatic heterocycles. The van der Waals surface area contributed by atoms with Crippen LogP contribution in [0.15, 0.2) is 60.7 Å². The molecule has 1 heterocycles. The Hall–Kier alpha value is -3.41. The lowest BCUT2D eigenvalue weighted by Gasteiger charge is -2.38. The molecular weight excluding hydrogens is 390 g/mol. The van der Waals surface area contributed by atoms with E-state index in [1.165, 1.54) is 4.90 Å². The number of anilines is 2. The molecule has 0 radical (unpaired) electrons. The Morgan fingerprint density at radius 2 is 1.61 bits per heavy atom. The minimum atomic E-state index is -0.286. The summed E-state index contributed by atoms with van der Waals surface area (Å²) in [6.07, 6.45) is 6.23. The van der Waals surface area contributed by atoms with Gasteiger partial charge in [0.25, 0.3) is 0 Å². The molecule has 4 unspecified atom stereocenters. The van der Waals surface area contributed by atoms with E-state index in [0.717, 1.165) is 29.7 Å². The van der Waals surface area contributed by atoms with Crippen molar-refractivity contribution < 1.29 is 14.4 Å². The third-order valence-electron chi connectivity index (χ3n) is 6.68. The first kappa shape index (κ1) is 19.5. The highest BCUT2D eigenvalue weighted by atomic mass is 16.2. The number of rotatable bonds is 4. The van der Waals surface area contributed by atoms with E-state index in [4.69, 9.17) is 0 Å². The average molecular weight is 415 g/mol. The van der Waals surface area contributed by atoms with Crippen LogP contribution in [0.4, 0.5) is 16.2 Å². The monoisotopic (exact) mass is 415 g/mol. The minimum Gasteiger partial charge on any atom is -0.334 e. The van der Waals surface area contributed by atoms with E-state index in [1.807, 2.05) is 43.3 Å². The number of amides is 4. The standard InChI is InChI=1S/C25H25N3O3/c1-15-3-2-4-19(13-15)27-25(31)26-14-16-5-11-20(12-6-16)28-23(29)21-17-7-8-18(10-9-17)22(21)24(28)30/h2-8,11-13,17-18,21-22H,9-10,14H2,1H3,(H2,26,27,31). The molecule has 4 atom stereocenters. The van der Waals surface area contributed by atoms with Crippen molar-refractivity contribution in [1.29, 1.82) is 0 Å². The molecule has 2 N–H and O–H groups in total. The van der Waals surface area contributed by atoms with Crippen LogP contribution in [0.3, 0.4) is 0 Å². The lowest BCUT2D eigenvalue weighted by molar-refractivity contribution is -0.124. The predicted octanol–water partition coefficient (Wildman–Crippen LogP) is 4.02. The van der Waals surface area contributed by atoms with Gasteiger partial charge in [0.15, 0.2) is 0 Å². The number of carbonyl (C=O) groups is 3. The molecular formula is C25H25N3O3. The van der Waals surface area contributed by atoms with Crippen LogP contribution >= 0.6 is 0 Å². The number of allylic oxidation sites excluding steroid dienone is 2. The van der Waals surface area contributed by atoms with Crippen LogP contribution in [0.2, 0.25) is 0 Å². The molecule has 6 heteroatoms. The van der Waals surface area contributed by atoms with Crippen molar-refractivity contribution in [1.82, 2.24) is 5.32 Å². The summed E-state index contributed by atoms with van der Waals surface area (Å²) in [4.78, 5) is 39.6. The first-order chi connectivity index (χ1) is 15.0. The maximum atomic E-state index is 13.0. The van der Waals surface area contributed by atoms with Crippen LogP contribution in [0.25, 0.3) is 0 Å². The molecule has 0 spiro atoms. The fourth-order valence-corrected chi connectivity index (χ4v) is 5.17. The van der Waals surface area contributed by atoms with Gasteiger partial charge in [0, 0.05) is 12.2 Å². The molecule has 1 saturated carbocycles. The van der Waals surface area contributed by atoms with E-state index < -0.39 is 0 Å². The number of benzene rings is 2. The second-order valence-corrected chi connectivity index (χ2v) is 8.70. The van der Waals surface area contributed by atoms with Gasteiger partial charge in [-0.2, -0.15) is 0 Å². The Labute approximate surface area is 181 Å². The predicted molar refractivity (Wildman–Crippen MR) is 118 cm³/mol. The smallest absolute Gasteiger partial charge is 0.319 e. The fourth-order valence-electron chi connectivity index (χ4n) is 5.17. The third-order valence-corrected chi connectivity index (χ3v) is 6.68. The van der Waals surface area contributed by atoms with E-state index >= 15 is 0 Å². The zero-order chi connectivity index (χ0) is 21.5. The van der Waals surface area contributed by atoms with Crippen LogP contribution < -0.4 is 15.5 Å². The van der Waals surface area contributed by atoms with Gasteiger partial charge in [-0.15, -0.1) is 0 Å².